The van der Waals surface area contributed by atoms with E-state index in [9.17, 15) is 9.90 Å². The summed E-state index contributed by atoms with van der Waals surface area (Å²) in [4.78, 5) is 18.1. The fourth-order valence-corrected chi connectivity index (χ4v) is 2.81. The number of anilines is 1. The maximum atomic E-state index is 11.5. The number of carboxylic acid groups (broad SMARTS) is 1. The summed E-state index contributed by atoms with van der Waals surface area (Å²) in [6.07, 6.45) is 10.8. The number of pyridine rings is 1. The highest BCUT2D eigenvalue weighted by Gasteiger charge is 2.28. The van der Waals surface area contributed by atoms with E-state index in [4.69, 9.17) is 6.42 Å². The minimum atomic E-state index is -0.917. The first-order valence-electron chi connectivity index (χ1n) is 7.13. The first-order valence-corrected chi connectivity index (χ1v) is 7.13. The number of hydrogen-bond acceptors (Lipinski definition) is 3. The van der Waals surface area contributed by atoms with Crippen molar-refractivity contribution in [3.8, 4) is 12.3 Å². The molecular weight excluding hydrogens is 252 g/mol. The molecule has 4 heteroatoms. The van der Waals surface area contributed by atoms with Gasteiger partial charge in [0.25, 0.3) is 0 Å². The third-order valence-corrected chi connectivity index (χ3v) is 4.02. The van der Waals surface area contributed by atoms with E-state index >= 15 is 0 Å². The zero-order chi connectivity index (χ0) is 14.1. The molecule has 0 atom stereocenters. The molecule has 0 aliphatic heterocycles. The van der Waals surface area contributed by atoms with Gasteiger partial charge in [0, 0.05) is 12.2 Å². The van der Waals surface area contributed by atoms with Gasteiger partial charge in [-0.2, -0.15) is 0 Å². The highest BCUT2D eigenvalue weighted by atomic mass is 16.4. The lowest BCUT2D eigenvalue weighted by Gasteiger charge is -2.23. The first kappa shape index (κ1) is 13.0. The van der Waals surface area contributed by atoms with Gasteiger partial charge in [0.05, 0.1) is 6.54 Å². The van der Waals surface area contributed by atoms with E-state index in [1.54, 1.807) is 6.07 Å². The molecule has 20 heavy (non-hydrogen) atoms. The number of aromatic carboxylic acids is 1. The minimum Gasteiger partial charge on any atom is -0.478 e. The smallest absolute Gasteiger partial charge is 0.339 e. The van der Waals surface area contributed by atoms with Crippen LogP contribution in [0.5, 0.6) is 0 Å². The second kappa shape index (κ2) is 5.16. The summed E-state index contributed by atoms with van der Waals surface area (Å²) in [7, 11) is 0. The van der Waals surface area contributed by atoms with Gasteiger partial charge in [-0.05, 0) is 49.7 Å². The molecule has 1 N–H and O–H groups in total. The minimum absolute atomic E-state index is 0.293. The molecule has 0 radical (unpaired) electrons. The third-order valence-electron chi connectivity index (χ3n) is 4.02. The second-order valence-corrected chi connectivity index (χ2v) is 5.65. The molecule has 1 fully saturated rings. The zero-order valence-electron chi connectivity index (χ0n) is 11.4. The fourth-order valence-electron chi connectivity index (χ4n) is 2.81. The van der Waals surface area contributed by atoms with Crippen LogP contribution in [0.4, 0.5) is 5.82 Å². The van der Waals surface area contributed by atoms with E-state index in [2.05, 4.69) is 10.9 Å². The van der Waals surface area contributed by atoms with Crippen LogP contribution in [0.1, 0.15) is 40.9 Å². The fraction of sp³-hybridized carbons (Fsp3) is 0.500. The van der Waals surface area contributed by atoms with Crippen LogP contribution in [0.25, 0.3) is 0 Å². The Hall–Kier alpha value is -2.02. The highest BCUT2D eigenvalue weighted by molar-refractivity contribution is 5.93. The monoisotopic (exact) mass is 270 g/mol. The molecule has 0 unspecified atom stereocenters. The molecule has 1 saturated carbocycles. The van der Waals surface area contributed by atoms with E-state index in [-0.39, 0.29) is 0 Å². The predicted molar refractivity (Wildman–Crippen MR) is 77.0 cm³/mol. The van der Waals surface area contributed by atoms with Gasteiger partial charge in [-0.1, -0.05) is 5.92 Å². The SMILES string of the molecule is C#CCN(CC1CC1)c1nc2c(cc1C(=O)O)CCC2. The van der Waals surface area contributed by atoms with Crippen molar-refractivity contribution in [2.75, 3.05) is 18.0 Å². The van der Waals surface area contributed by atoms with Crippen LogP contribution < -0.4 is 4.90 Å². The lowest BCUT2D eigenvalue weighted by atomic mass is 10.1. The Labute approximate surface area is 118 Å². The lowest BCUT2D eigenvalue weighted by Crippen LogP contribution is -2.29. The maximum absolute atomic E-state index is 11.5. The van der Waals surface area contributed by atoms with Crippen molar-refractivity contribution in [3.63, 3.8) is 0 Å². The van der Waals surface area contributed by atoms with Crippen LogP contribution in [0.15, 0.2) is 6.07 Å². The number of aryl methyl sites for hydroxylation is 2. The quantitative estimate of drug-likeness (QED) is 0.833. The van der Waals surface area contributed by atoms with Crippen molar-refractivity contribution in [1.29, 1.82) is 0 Å². The van der Waals surface area contributed by atoms with Crippen molar-refractivity contribution in [2.45, 2.75) is 32.1 Å². The van der Waals surface area contributed by atoms with Crippen molar-refractivity contribution >= 4 is 11.8 Å². The molecule has 104 valence electrons. The van der Waals surface area contributed by atoms with Crippen molar-refractivity contribution in [2.24, 2.45) is 5.92 Å². The molecule has 1 heterocycles. The molecular formula is C16H18N2O2. The maximum Gasteiger partial charge on any atom is 0.339 e. The first-order chi connectivity index (χ1) is 9.69. The number of nitrogens with zero attached hydrogens (tertiary/aromatic N) is 2. The Morgan fingerprint density at radius 3 is 2.95 bits per heavy atom. The summed E-state index contributed by atoms with van der Waals surface area (Å²) in [5.41, 5.74) is 2.42. The van der Waals surface area contributed by atoms with Gasteiger partial charge in [0.15, 0.2) is 0 Å². The van der Waals surface area contributed by atoms with Crippen LogP contribution in [0.2, 0.25) is 0 Å². The summed E-state index contributed by atoms with van der Waals surface area (Å²) in [5.74, 6) is 2.91. The number of aromatic nitrogens is 1. The lowest BCUT2D eigenvalue weighted by molar-refractivity contribution is 0.0697. The van der Waals surface area contributed by atoms with E-state index in [0.29, 0.717) is 23.8 Å². The van der Waals surface area contributed by atoms with Gasteiger partial charge in [0.1, 0.15) is 11.4 Å². The molecule has 3 rings (SSSR count). The molecule has 0 spiro atoms. The third kappa shape index (κ3) is 2.49. The molecule has 0 aromatic carbocycles. The Morgan fingerprint density at radius 1 is 1.50 bits per heavy atom. The molecule has 0 bridgehead atoms. The van der Waals surface area contributed by atoms with Gasteiger partial charge in [0.2, 0.25) is 0 Å². The summed E-state index contributed by atoms with van der Waals surface area (Å²) in [6, 6.07) is 1.80. The van der Waals surface area contributed by atoms with Gasteiger partial charge in [-0.25, -0.2) is 9.78 Å². The number of carboxylic acids is 1. The van der Waals surface area contributed by atoms with Crippen molar-refractivity contribution in [1.82, 2.24) is 4.98 Å². The molecule has 1 aromatic heterocycles. The summed E-state index contributed by atoms with van der Waals surface area (Å²) in [6.45, 7) is 1.23. The summed E-state index contributed by atoms with van der Waals surface area (Å²) < 4.78 is 0. The molecule has 1 aromatic rings. The van der Waals surface area contributed by atoms with Crippen LogP contribution in [0, 0.1) is 18.3 Å². The topological polar surface area (TPSA) is 53.4 Å². The molecule has 0 saturated heterocycles. The van der Waals surface area contributed by atoms with Crippen molar-refractivity contribution in [3.05, 3.63) is 22.9 Å². The number of fused-ring (bicyclic) bond motifs is 1. The number of rotatable bonds is 5. The summed E-state index contributed by atoms with van der Waals surface area (Å²) in [5, 5.41) is 9.45. The average molecular weight is 270 g/mol. The normalized spacial score (nSPS) is 16.6. The van der Waals surface area contributed by atoms with E-state index in [1.807, 2.05) is 4.90 Å². The second-order valence-electron chi connectivity index (χ2n) is 5.65. The predicted octanol–water partition coefficient (Wildman–Crippen LogP) is 2.12. The standard InChI is InChI=1S/C16H18N2O2/c1-2-8-18(10-11-6-7-11)15-13(16(19)20)9-12-4-3-5-14(12)17-15/h1,9,11H,3-8,10H2,(H,19,20). The van der Waals surface area contributed by atoms with Crippen LogP contribution in [-0.4, -0.2) is 29.1 Å². The number of hydrogen-bond donors (Lipinski definition) is 1. The zero-order valence-corrected chi connectivity index (χ0v) is 11.4. The Kier molecular flexibility index (Phi) is 3.35. The molecule has 0 amide bonds. The van der Waals surface area contributed by atoms with Gasteiger partial charge in [-0.3, -0.25) is 0 Å². The Balaban J connectivity index is 2.00. The van der Waals surface area contributed by atoms with Crippen LogP contribution >= 0.6 is 0 Å². The average Bonchev–Trinajstić information content (AvgIpc) is 3.12. The molecule has 2 aliphatic carbocycles. The van der Waals surface area contributed by atoms with E-state index in [0.717, 1.165) is 37.1 Å². The highest BCUT2D eigenvalue weighted by Crippen LogP contribution is 2.33. The Morgan fingerprint density at radius 2 is 2.30 bits per heavy atom. The largest absolute Gasteiger partial charge is 0.478 e. The van der Waals surface area contributed by atoms with E-state index < -0.39 is 5.97 Å². The van der Waals surface area contributed by atoms with Gasteiger partial charge < -0.3 is 10.0 Å². The van der Waals surface area contributed by atoms with Crippen molar-refractivity contribution < 1.29 is 9.90 Å². The number of terminal acetylenes is 1. The van der Waals surface area contributed by atoms with Crippen LogP contribution in [0.3, 0.4) is 0 Å². The van der Waals surface area contributed by atoms with Crippen LogP contribution in [-0.2, 0) is 12.8 Å². The molecule has 4 nitrogen and oxygen atoms in total. The van der Waals surface area contributed by atoms with Gasteiger partial charge in [-0.15, -0.1) is 6.42 Å². The molecule has 2 aliphatic rings. The Bertz CT molecular complexity index is 585. The number of carbonyl (C=O) groups is 1. The van der Waals surface area contributed by atoms with E-state index in [1.165, 1.54) is 12.8 Å². The summed E-state index contributed by atoms with van der Waals surface area (Å²) >= 11 is 0. The van der Waals surface area contributed by atoms with Gasteiger partial charge >= 0.3 is 5.97 Å².